The first-order valence-electron chi connectivity index (χ1n) is 10.2. The quantitative estimate of drug-likeness (QED) is 0.795. The summed E-state index contributed by atoms with van der Waals surface area (Å²) in [5.74, 6) is 0.482. The summed E-state index contributed by atoms with van der Waals surface area (Å²) in [4.78, 5) is 33.1. The van der Waals surface area contributed by atoms with Crippen molar-refractivity contribution < 1.29 is 14.3 Å². The summed E-state index contributed by atoms with van der Waals surface area (Å²) < 4.78 is 5.70. The highest BCUT2D eigenvalue weighted by atomic mass is 16.5. The van der Waals surface area contributed by atoms with E-state index in [2.05, 4.69) is 4.98 Å². The molecule has 3 aliphatic heterocycles. The van der Waals surface area contributed by atoms with Gasteiger partial charge in [0.25, 0.3) is 0 Å². The number of rotatable bonds is 5. The number of carbonyl (C=O) groups is 2. The number of aromatic nitrogens is 1. The number of pyridine rings is 1. The van der Waals surface area contributed by atoms with E-state index in [0.717, 1.165) is 70.5 Å². The molecule has 6 heteroatoms. The summed E-state index contributed by atoms with van der Waals surface area (Å²) in [6, 6.07) is 3.92. The Labute approximate surface area is 160 Å². The van der Waals surface area contributed by atoms with E-state index < -0.39 is 0 Å². The van der Waals surface area contributed by atoms with Crippen molar-refractivity contribution >= 4 is 11.8 Å². The van der Waals surface area contributed by atoms with E-state index in [1.807, 2.05) is 28.1 Å². The molecule has 1 unspecified atom stereocenters. The van der Waals surface area contributed by atoms with Gasteiger partial charge in [-0.25, -0.2) is 0 Å². The number of ether oxygens (including phenoxy) is 1. The number of aryl methyl sites for hydroxylation is 1. The number of nitrogens with zero attached hydrogens (tertiary/aromatic N) is 3. The van der Waals surface area contributed by atoms with Gasteiger partial charge >= 0.3 is 0 Å². The molecular formula is C21H29N3O3. The van der Waals surface area contributed by atoms with Crippen LogP contribution in [0.4, 0.5) is 0 Å². The van der Waals surface area contributed by atoms with Crippen molar-refractivity contribution in [1.82, 2.24) is 14.8 Å². The van der Waals surface area contributed by atoms with E-state index in [-0.39, 0.29) is 23.3 Å². The van der Waals surface area contributed by atoms with Crippen molar-refractivity contribution in [2.24, 2.45) is 5.41 Å². The van der Waals surface area contributed by atoms with E-state index in [9.17, 15) is 9.59 Å². The molecule has 0 aromatic carbocycles. The van der Waals surface area contributed by atoms with Gasteiger partial charge in [0.2, 0.25) is 11.8 Å². The van der Waals surface area contributed by atoms with Crippen LogP contribution in [-0.2, 0) is 20.7 Å². The summed E-state index contributed by atoms with van der Waals surface area (Å²) in [5, 5.41) is 0. The van der Waals surface area contributed by atoms with E-state index in [0.29, 0.717) is 12.8 Å². The first kappa shape index (κ1) is 18.4. The Bertz CT molecular complexity index is 665. The highest BCUT2D eigenvalue weighted by molar-refractivity contribution is 5.80. The number of hydrogen-bond acceptors (Lipinski definition) is 4. The van der Waals surface area contributed by atoms with E-state index in [4.69, 9.17) is 4.74 Å². The molecule has 3 fully saturated rings. The van der Waals surface area contributed by atoms with Crippen molar-refractivity contribution in [3.05, 3.63) is 30.1 Å². The van der Waals surface area contributed by atoms with Crippen molar-refractivity contribution in [2.75, 3.05) is 32.8 Å². The number of hydrogen-bond donors (Lipinski definition) is 0. The van der Waals surface area contributed by atoms with Gasteiger partial charge in [-0.15, -0.1) is 0 Å². The maximum Gasteiger partial charge on any atom is 0.223 e. The Morgan fingerprint density at radius 2 is 2.19 bits per heavy atom. The normalized spacial score (nSPS) is 24.7. The first-order valence-corrected chi connectivity index (χ1v) is 10.2. The summed E-state index contributed by atoms with van der Waals surface area (Å²) in [6.07, 6.45) is 9.73. The molecule has 1 aromatic rings. The zero-order chi connectivity index (χ0) is 18.7. The summed E-state index contributed by atoms with van der Waals surface area (Å²) in [6.45, 7) is 3.95. The minimum absolute atomic E-state index is 0.0653. The molecule has 3 saturated heterocycles. The van der Waals surface area contributed by atoms with Crippen LogP contribution in [0.1, 0.15) is 44.1 Å². The van der Waals surface area contributed by atoms with Gasteiger partial charge < -0.3 is 14.5 Å². The number of piperidine rings is 1. The van der Waals surface area contributed by atoms with Gasteiger partial charge in [-0.1, -0.05) is 6.07 Å². The highest BCUT2D eigenvalue weighted by Crippen LogP contribution is 2.41. The second-order valence-corrected chi connectivity index (χ2v) is 8.33. The topological polar surface area (TPSA) is 62.7 Å². The number of carbonyl (C=O) groups excluding carboxylic acids is 2. The third kappa shape index (κ3) is 4.32. The molecular weight excluding hydrogens is 342 g/mol. The number of amides is 2. The molecule has 27 heavy (non-hydrogen) atoms. The van der Waals surface area contributed by atoms with Gasteiger partial charge in [-0.3, -0.25) is 14.6 Å². The number of likely N-dealkylation sites (tertiary alicyclic amines) is 2. The molecule has 0 radical (unpaired) electrons. The van der Waals surface area contributed by atoms with Gasteiger partial charge in [0.1, 0.15) is 0 Å². The molecule has 1 aromatic heterocycles. The Balaban J connectivity index is 1.25. The summed E-state index contributed by atoms with van der Waals surface area (Å²) in [7, 11) is 0. The fraction of sp³-hybridized carbons (Fsp3) is 0.667. The lowest BCUT2D eigenvalue weighted by Gasteiger charge is -2.39. The van der Waals surface area contributed by atoms with Crippen LogP contribution in [0.2, 0.25) is 0 Å². The Hall–Kier alpha value is -1.95. The van der Waals surface area contributed by atoms with E-state index in [1.54, 1.807) is 6.20 Å². The monoisotopic (exact) mass is 371 g/mol. The van der Waals surface area contributed by atoms with Crippen LogP contribution in [0, 0.1) is 5.41 Å². The van der Waals surface area contributed by atoms with Crippen LogP contribution >= 0.6 is 0 Å². The van der Waals surface area contributed by atoms with Gasteiger partial charge in [0.15, 0.2) is 0 Å². The molecule has 1 atom stereocenters. The molecule has 1 spiro atoms. The largest absolute Gasteiger partial charge is 0.376 e. The zero-order valence-corrected chi connectivity index (χ0v) is 15.9. The standard InChI is InChI=1S/C21H29N3O3/c25-19(6-5-17-3-1-9-22-14-17)23-10-7-21(8-11-23)13-20(26)24(16-21)15-18-4-2-12-27-18/h1,3,9,14,18H,2,4-8,10-13,15-16H2. The van der Waals surface area contributed by atoms with Crippen LogP contribution in [0.5, 0.6) is 0 Å². The molecule has 0 saturated carbocycles. The van der Waals surface area contributed by atoms with Gasteiger partial charge in [-0.2, -0.15) is 0 Å². The molecule has 146 valence electrons. The van der Waals surface area contributed by atoms with Crippen LogP contribution in [0.3, 0.4) is 0 Å². The van der Waals surface area contributed by atoms with Crippen LogP contribution < -0.4 is 0 Å². The second-order valence-electron chi connectivity index (χ2n) is 8.33. The van der Waals surface area contributed by atoms with E-state index in [1.165, 1.54) is 0 Å². The molecule has 4 rings (SSSR count). The van der Waals surface area contributed by atoms with E-state index >= 15 is 0 Å². The Morgan fingerprint density at radius 1 is 1.33 bits per heavy atom. The predicted molar refractivity (Wildman–Crippen MR) is 101 cm³/mol. The molecule has 2 amide bonds. The maximum atomic E-state index is 12.5. The third-order valence-corrected chi connectivity index (χ3v) is 6.38. The Kier molecular flexibility index (Phi) is 5.43. The first-order chi connectivity index (χ1) is 13.1. The van der Waals surface area contributed by atoms with Crippen molar-refractivity contribution in [3.8, 4) is 0 Å². The van der Waals surface area contributed by atoms with Crippen LogP contribution in [-0.4, -0.2) is 65.5 Å². The molecule has 3 aliphatic rings. The van der Waals surface area contributed by atoms with Gasteiger partial charge in [0.05, 0.1) is 6.10 Å². The van der Waals surface area contributed by atoms with Crippen molar-refractivity contribution in [2.45, 2.75) is 51.0 Å². The SMILES string of the molecule is O=C(CCc1cccnc1)N1CCC2(CC1)CC(=O)N(CC1CCCO1)C2. The van der Waals surface area contributed by atoms with Gasteiger partial charge in [-0.05, 0) is 43.7 Å². The van der Waals surface area contributed by atoms with Crippen molar-refractivity contribution in [3.63, 3.8) is 0 Å². The van der Waals surface area contributed by atoms with Crippen molar-refractivity contribution in [1.29, 1.82) is 0 Å². The lowest BCUT2D eigenvalue weighted by molar-refractivity contribution is -0.133. The van der Waals surface area contributed by atoms with Gasteiger partial charge in [0, 0.05) is 63.4 Å². The molecule has 6 nitrogen and oxygen atoms in total. The Morgan fingerprint density at radius 3 is 2.89 bits per heavy atom. The minimum Gasteiger partial charge on any atom is -0.376 e. The molecule has 0 N–H and O–H groups in total. The molecule has 0 aliphatic carbocycles. The average Bonchev–Trinajstić information content (AvgIpc) is 3.30. The minimum atomic E-state index is 0.0653. The fourth-order valence-electron chi connectivity index (χ4n) is 4.70. The smallest absolute Gasteiger partial charge is 0.223 e. The molecule has 0 bridgehead atoms. The highest BCUT2D eigenvalue weighted by Gasteiger charge is 2.45. The lowest BCUT2D eigenvalue weighted by Crippen LogP contribution is -2.44. The maximum absolute atomic E-state index is 12.5. The second kappa shape index (κ2) is 7.97. The van der Waals surface area contributed by atoms with Crippen LogP contribution in [0.25, 0.3) is 0 Å². The van der Waals surface area contributed by atoms with Crippen LogP contribution in [0.15, 0.2) is 24.5 Å². The average molecular weight is 371 g/mol. The third-order valence-electron chi connectivity index (χ3n) is 6.38. The molecule has 4 heterocycles. The fourth-order valence-corrected chi connectivity index (χ4v) is 4.70. The predicted octanol–water partition coefficient (Wildman–Crippen LogP) is 2.03. The lowest BCUT2D eigenvalue weighted by atomic mass is 9.77. The summed E-state index contributed by atoms with van der Waals surface area (Å²) >= 11 is 0. The summed E-state index contributed by atoms with van der Waals surface area (Å²) in [5.41, 5.74) is 1.17. The zero-order valence-electron chi connectivity index (χ0n) is 15.9.